The zero-order valence-corrected chi connectivity index (χ0v) is 20.9. The third-order valence-electron chi connectivity index (χ3n) is 6.11. The molecule has 0 radical (unpaired) electrons. The average molecular weight is 497 g/mol. The molecule has 0 fully saturated rings. The molecule has 0 saturated heterocycles. The summed E-state index contributed by atoms with van der Waals surface area (Å²) in [6.45, 7) is 2.24. The minimum atomic E-state index is -0.471. The molecule has 1 atom stereocenters. The van der Waals surface area contributed by atoms with Gasteiger partial charge in [0.05, 0.1) is 26.1 Å². The third-order valence-corrected chi connectivity index (χ3v) is 6.11. The van der Waals surface area contributed by atoms with Crippen LogP contribution in [0.1, 0.15) is 40.0 Å². The van der Waals surface area contributed by atoms with Crippen LogP contribution in [-0.4, -0.2) is 18.9 Å². The number of amides is 2. The predicted octanol–water partition coefficient (Wildman–Crippen LogP) is 6.10. The Labute approximate surface area is 216 Å². The van der Waals surface area contributed by atoms with E-state index >= 15 is 0 Å². The number of methoxy groups -OCH3 is 1. The number of nitrogens with zero attached hydrogens (tertiary/aromatic N) is 1. The summed E-state index contributed by atoms with van der Waals surface area (Å²) in [6, 6.07) is 30.1. The highest BCUT2D eigenvalue weighted by molar-refractivity contribution is 6.06. The van der Waals surface area contributed by atoms with Crippen LogP contribution < -0.4 is 15.0 Å². The van der Waals surface area contributed by atoms with Crippen molar-refractivity contribution in [2.45, 2.75) is 25.9 Å². The van der Waals surface area contributed by atoms with Gasteiger partial charge in [-0.2, -0.15) is 0 Å². The van der Waals surface area contributed by atoms with Crippen LogP contribution in [0, 0.1) is 5.82 Å². The van der Waals surface area contributed by atoms with Gasteiger partial charge in [-0.05, 0) is 66.1 Å². The van der Waals surface area contributed by atoms with E-state index in [0.717, 1.165) is 22.4 Å². The minimum absolute atomic E-state index is 0.0879. The van der Waals surface area contributed by atoms with Crippen molar-refractivity contribution in [2.24, 2.45) is 0 Å². The van der Waals surface area contributed by atoms with Gasteiger partial charge in [0.2, 0.25) is 5.91 Å². The van der Waals surface area contributed by atoms with E-state index in [1.165, 1.54) is 18.2 Å². The Morgan fingerprint density at radius 2 is 1.54 bits per heavy atom. The Bertz CT molecular complexity index is 1340. The fourth-order valence-corrected chi connectivity index (χ4v) is 4.07. The molecule has 5 nitrogen and oxygen atoms in total. The molecule has 0 aromatic heterocycles. The lowest BCUT2D eigenvalue weighted by atomic mass is 10.1. The minimum Gasteiger partial charge on any atom is -0.497 e. The smallest absolute Gasteiger partial charge is 0.258 e. The Hall–Kier alpha value is -4.45. The monoisotopic (exact) mass is 496 g/mol. The lowest BCUT2D eigenvalue weighted by Crippen LogP contribution is -2.30. The average Bonchev–Trinajstić information content (AvgIpc) is 2.92. The van der Waals surface area contributed by atoms with Crippen molar-refractivity contribution in [1.29, 1.82) is 0 Å². The molecule has 0 aliphatic heterocycles. The Balaban J connectivity index is 1.51. The van der Waals surface area contributed by atoms with E-state index in [0.29, 0.717) is 5.69 Å². The number of benzene rings is 4. The molecule has 4 aromatic rings. The molecule has 188 valence electrons. The van der Waals surface area contributed by atoms with Gasteiger partial charge >= 0.3 is 0 Å². The van der Waals surface area contributed by atoms with Gasteiger partial charge in [-0.25, -0.2) is 4.39 Å². The first-order valence-electron chi connectivity index (χ1n) is 12.1. The number of hydrogen-bond acceptors (Lipinski definition) is 3. The van der Waals surface area contributed by atoms with Crippen LogP contribution in [0.4, 0.5) is 10.1 Å². The first kappa shape index (κ1) is 25.6. The van der Waals surface area contributed by atoms with Gasteiger partial charge in [0.25, 0.3) is 5.91 Å². The van der Waals surface area contributed by atoms with Crippen molar-refractivity contribution in [3.8, 4) is 5.75 Å². The summed E-state index contributed by atoms with van der Waals surface area (Å²) >= 11 is 0. The molecule has 37 heavy (non-hydrogen) atoms. The predicted molar refractivity (Wildman–Crippen MR) is 143 cm³/mol. The molecular weight excluding hydrogens is 467 g/mol. The highest BCUT2D eigenvalue weighted by Crippen LogP contribution is 2.23. The topological polar surface area (TPSA) is 58.6 Å². The van der Waals surface area contributed by atoms with Crippen molar-refractivity contribution >= 4 is 17.5 Å². The first-order chi connectivity index (χ1) is 17.9. The van der Waals surface area contributed by atoms with Crippen molar-refractivity contribution in [3.63, 3.8) is 0 Å². The van der Waals surface area contributed by atoms with Crippen molar-refractivity contribution in [3.05, 3.63) is 131 Å². The van der Waals surface area contributed by atoms with Crippen LogP contribution in [-0.2, 0) is 17.8 Å². The molecule has 6 heteroatoms. The van der Waals surface area contributed by atoms with Crippen LogP contribution in [0.5, 0.6) is 5.75 Å². The molecule has 4 aromatic carbocycles. The molecule has 0 aliphatic rings. The fourth-order valence-electron chi connectivity index (χ4n) is 4.07. The molecule has 0 spiro atoms. The Morgan fingerprint density at radius 3 is 2.19 bits per heavy atom. The van der Waals surface area contributed by atoms with Crippen LogP contribution in [0.2, 0.25) is 0 Å². The van der Waals surface area contributed by atoms with Gasteiger partial charge in [0, 0.05) is 11.3 Å². The first-order valence-corrected chi connectivity index (χ1v) is 12.1. The van der Waals surface area contributed by atoms with E-state index < -0.39 is 5.82 Å². The van der Waals surface area contributed by atoms with Crippen LogP contribution in [0.25, 0.3) is 0 Å². The van der Waals surface area contributed by atoms with E-state index in [-0.39, 0.29) is 36.4 Å². The van der Waals surface area contributed by atoms with Crippen LogP contribution >= 0.6 is 0 Å². The largest absolute Gasteiger partial charge is 0.497 e. The summed E-state index contributed by atoms with van der Waals surface area (Å²) in [5.74, 6) is -0.162. The lowest BCUT2D eigenvalue weighted by molar-refractivity contribution is -0.121. The zero-order valence-electron chi connectivity index (χ0n) is 20.9. The second kappa shape index (κ2) is 12.0. The van der Waals surface area contributed by atoms with Gasteiger partial charge in [-0.1, -0.05) is 60.7 Å². The number of ether oxygens (including phenoxy) is 1. The molecule has 2 amide bonds. The van der Waals surface area contributed by atoms with Gasteiger partial charge in [0.1, 0.15) is 11.6 Å². The summed E-state index contributed by atoms with van der Waals surface area (Å²) in [6.07, 6.45) is 0.216. The van der Waals surface area contributed by atoms with E-state index in [9.17, 15) is 14.0 Å². The second-order valence-electron chi connectivity index (χ2n) is 8.79. The normalized spacial score (nSPS) is 11.4. The van der Waals surface area contributed by atoms with E-state index in [1.807, 2.05) is 85.8 Å². The maximum absolute atomic E-state index is 13.9. The number of carbonyl (C=O) groups is 2. The summed E-state index contributed by atoms with van der Waals surface area (Å²) < 4.78 is 19.1. The van der Waals surface area contributed by atoms with Gasteiger partial charge < -0.3 is 15.0 Å². The standard InChI is InChI=1S/C31H29FN2O3/c1-22(25-7-4-3-5-8-25)33-30(35)19-23-11-15-28(16-12-23)34(21-24-13-17-29(37-2)18-14-24)31(36)26-9-6-10-27(32)20-26/h3-18,20,22H,19,21H2,1-2H3,(H,33,35)/t22-/m1/s1. The molecule has 0 aliphatic carbocycles. The molecule has 0 saturated carbocycles. The molecule has 1 N–H and O–H groups in total. The molecular formula is C31H29FN2O3. The van der Waals surface area contributed by atoms with Crippen LogP contribution in [0.3, 0.4) is 0 Å². The SMILES string of the molecule is COc1ccc(CN(C(=O)c2cccc(F)c2)c2ccc(CC(=O)N[C@H](C)c3ccccc3)cc2)cc1. The Kier molecular flexibility index (Phi) is 8.31. The van der Waals surface area contributed by atoms with Crippen LogP contribution in [0.15, 0.2) is 103 Å². The summed E-state index contributed by atoms with van der Waals surface area (Å²) in [5.41, 5.74) is 3.66. The maximum Gasteiger partial charge on any atom is 0.258 e. The van der Waals surface area contributed by atoms with Gasteiger partial charge in [-0.15, -0.1) is 0 Å². The molecule has 0 bridgehead atoms. The number of nitrogens with one attached hydrogen (secondary N) is 1. The second-order valence-corrected chi connectivity index (χ2v) is 8.79. The number of anilines is 1. The summed E-state index contributed by atoms with van der Waals surface area (Å²) in [7, 11) is 1.60. The lowest BCUT2D eigenvalue weighted by Gasteiger charge is -2.24. The van der Waals surface area contributed by atoms with E-state index in [1.54, 1.807) is 18.1 Å². The molecule has 0 heterocycles. The van der Waals surface area contributed by atoms with Crippen molar-refractivity contribution in [2.75, 3.05) is 12.0 Å². The van der Waals surface area contributed by atoms with Gasteiger partial charge in [0.15, 0.2) is 0 Å². The quantitative estimate of drug-likeness (QED) is 0.305. The summed E-state index contributed by atoms with van der Waals surface area (Å²) in [4.78, 5) is 27.6. The Morgan fingerprint density at radius 1 is 0.865 bits per heavy atom. The number of hydrogen-bond donors (Lipinski definition) is 1. The highest BCUT2D eigenvalue weighted by Gasteiger charge is 2.19. The fraction of sp³-hybridized carbons (Fsp3) is 0.161. The zero-order chi connectivity index (χ0) is 26.2. The third kappa shape index (κ3) is 6.82. The van der Waals surface area contributed by atoms with Crippen molar-refractivity contribution in [1.82, 2.24) is 5.32 Å². The van der Waals surface area contributed by atoms with E-state index in [4.69, 9.17) is 4.74 Å². The maximum atomic E-state index is 13.9. The van der Waals surface area contributed by atoms with E-state index in [2.05, 4.69) is 5.32 Å². The molecule has 0 unspecified atom stereocenters. The van der Waals surface area contributed by atoms with Crippen molar-refractivity contribution < 1.29 is 18.7 Å². The number of halogens is 1. The molecule has 4 rings (SSSR count). The van der Waals surface area contributed by atoms with Gasteiger partial charge in [-0.3, -0.25) is 9.59 Å². The number of carbonyl (C=O) groups excluding carboxylic acids is 2. The number of rotatable bonds is 9. The summed E-state index contributed by atoms with van der Waals surface area (Å²) in [5, 5.41) is 3.02. The highest BCUT2D eigenvalue weighted by atomic mass is 19.1.